The van der Waals surface area contributed by atoms with E-state index in [4.69, 9.17) is 0 Å². The highest BCUT2D eigenvalue weighted by Gasteiger charge is 2.30. The third kappa shape index (κ3) is 3.33. The maximum Gasteiger partial charge on any atom is 0.416 e. The molecule has 7 nitrogen and oxygen atoms in total. The van der Waals surface area contributed by atoms with E-state index < -0.39 is 11.7 Å². The van der Waals surface area contributed by atoms with E-state index in [1.807, 2.05) is 0 Å². The minimum atomic E-state index is -4.41. The first-order valence-electron chi connectivity index (χ1n) is 8.52. The first-order valence-corrected chi connectivity index (χ1v) is 8.52. The largest absolute Gasteiger partial charge is 0.416 e. The van der Waals surface area contributed by atoms with Crippen LogP contribution < -0.4 is 4.90 Å². The fourth-order valence-electron chi connectivity index (χ4n) is 2.99. The maximum absolute atomic E-state index is 12.8. The van der Waals surface area contributed by atoms with Crippen LogP contribution in [0.15, 0.2) is 55.2 Å². The zero-order chi connectivity index (χ0) is 20.8. The zero-order valence-corrected chi connectivity index (χ0v) is 15.4. The number of hydrogen-bond acceptors (Lipinski definition) is 4. The third-order valence-electron chi connectivity index (χ3n) is 4.52. The van der Waals surface area contributed by atoms with Crippen molar-refractivity contribution in [3.8, 4) is 11.3 Å². The molecule has 3 heterocycles. The second kappa shape index (κ2) is 6.73. The summed E-state index contributed by atoms with van der Waals surface area (Å²) < 4.78 is 41.7. The number of alkyl halides is 3. The van der Waals surface area contributed by atoms with E-state index in [0.717, 1.165) is 12.1 Å². The van der Waals surface area contributed by atoms with Crippen molar-refractivity contribution in [2.75, 3.05) is 11.9 Å². The molecule has 0 saturated heterocycles. The van der Waals surface area contributed by atoms with Gasteiger partial charge in [-0.1, -0.05) is 12.1 Å². The molecule has 0 aliphatic heterocycles. The van der Waals surface area contributed by atoms with Gasteiger partial charge in [0.25, 0.3) is 5.91 Å². The second-order valence-electron chi connectivity index (χ2n) is 6.42. The van der Waals surface area contributed by atoms with Gasteiger partial charge in [-0.25, -0.2) is 15.0 Å². The lowest BCUT2D eigenvalue weighted by atomic mass is 10.1. The van der Waals surface area contributed by atoms with Crippen molar-refractivity contribution in [2.45, 2.75) is 6.18 Å². The lowest BCUT2D eigenvalue weighted by Gasteiger charge is -2.16. The Morgan fingerprint density at radius 2 is 1.79 bits per heavy atom. The Hall–Kier alpha value is -3.69. The Labute approximate surface area is 163 Å². The van der Waals surface area contributed by atoms with E-state index in [9.17, 15) is 18.0 Å². The second-order valence-corrected chi connectivity index (χ2v) is 6.42. The quantitative estimate of drug-likeness (QED) is 0.529. The van der Waals surface area contributed by atoms with Gasteiger partial charge in [-0.3, -0.25) is 14.1 Å². The number of benzene rings is 1. The van der Waals surface area contributed by atoms with Gasteiger partial charge in [0.2, 0.25) is 5.95 Å². The van der Waals surface area contributed by atoms with Crippen LogP contribution in [0.4, 0.5) is 19.1 Å². The number of imidazole rings is 2. The molecule has 1 aromatic carbocycles. The molecule has 148 valence electrons. The summed E-state index contributed by atoms with van der Waals surface area (Å²) in [5.74, 6) is 0.0683. The summed E-state index contributed by atoms with van der Waals surface area (Å²) in [6, 6.07) is 4.76. The van der Waals surface area contributed by atoms with Crippen molar-refractivity contribution in [2.24, 2.45) is 7.05 Å². The van der Waals surface area contributed by atoms with Crippen LogP contribution in [0.5, 0.6) is 0 Å². The summed E-state index contributed by atoms with van der Waals surface area (Å²) in [6.07, 6.45) is 3.36. The van der Waals surface area contributed by atoms with Gasteiger partial charge in [-0.05, 0) is 12.1 Å². The van der Waals surface area contributed by atoms with Crippen LogP contribution in [-0.4, -0.2) is 36.9 Å². The normalized spacial score (nSPS) is 11.8. The Morgan fingerprint density at radius 3 is 2.41 bits per heavy atom. The van der Waals surface area contributed by atoms with Gasteiger partial charge in [0.15, 0.2) is 5.65 Å². The fraction of sp³-hybridized carbons (Fsp3) is 0.158. The van der Waals surface area contributed by atoms with Gasteiger partial charge in [0, 0.05) is 38.2 Å². The summed E-state index contributed by atoms with van der Waals surface area (Å²) in [6.45, 7) is 0. The van der Waals surface area contributed by atoms with E-state index >= 15 is 0 Å². The van der Waals surface area contributed by atoms with Crippen LogP contribution in [0.2, 0.25) is 0 Å². The standard InChI is InChI=1S/C19H15F3N6O/c1-26-8-7-23-18(26)27(2)17(29)14-11-28-15(9-25-16(28)10-24-14)12-3-5-13(6-4-12)19(20,21)22/h3-11H,1-2H3. The lowest BCUT2D eigenvalue weighted by molar-refractivity contribution is -0.137. The zero-order valence-electron chi connectivity index (χ0n) is 15.4. The molecule has 0 saturated carbocycles. The van der Waals surface area contributed by atoms with E-state index in [2.05, 4.69) is 15.0 Å². The first kappa shape index (κ1) is 18.7. The van der Waals surface area contributed by atoms with Crippen LogP contribution in [-0.2, 0) is 13.2 Å². The molecular formula is C19H15F3N6O. The van der Waals surface area contributed by atoms with E-state index in [-0.39, 0.29) is 11.6 Å². The maximum atomic E-state index is 12.8. The highest BCUT2D eigenvalue weighted by atomic mass is 19.4. The van der Waals surface area contributed by atoms with Crippen LogP contribution in [0.1, 0.15) is 16.1 Å². The Bertz CT molecular complexity index is 1190. The smallest absolute Gasteiger partial charge is 0.320 e. The van der Waals surface area contributed by atoms with Crippen molar-refractivity contribution in [3.05, 3.63) is 66.5 Å². The van der Waals surface area contributed by atoms with Crippen LogP contribution in [0.25, 0.3) is 16.9 Å². The summed E-state index contributed by atoms with van der Waals surface area (Å²) >= 11 is 0. The van der Waals surface area contributed by atoms with E-state index in [0.29, 0.717) is 22.9 Å². The molecule has 0 fully saturated rings. The number of carbonyl (C=O) groups is 1. The highest BCUT2D eigenvalue weighted by Crippen LogP contribution is 2.31. The van der Waals surface area contributed by atoms with Crippen LogP contribution >= 0.6 is 0 Å². The average molecular weight is 400 g/mol. The minimum absolute atomic E-state index is 0.147. The number of rotatable bonds is 3. The van der Waals surface area contributed by atoms with Gasteiger partial charge in [-0.2, -0.15) is 13.2 Å². The first-order chi connectivity index (χ1) is 13.8. The highest BCUT2D eigenvalue weighted by molar-refractivity contribution is 6.03. The summed E-state index contributed by atoms with van der Waals surface area (Å²) in [7, 11) is 3.35. The SMILES string of the molecule is CN(C(=O)c1cn2c(-c3ccc(C(F)(F)F)cc3)cnc2cn1)c1nccn1C. The molecule has 0 atom stereocenters. The molecule has 4 aromatic rings. The van der Waals surface area contributed by atoms with Gasteiger partial charge in [0.05, 0.1) is 23.7 Å². The molecule has 4 rings (SSSR count). The molecule has 0 unspecified atom stereocenters. The topological polar surface area (TPSA) is 68.3 Å². The monoisotopic (exact) mass is 400 g/mol. The van der Waals surface area contributed by atoms with Crippen molar-refractivity contribution in [1.82, 2.24) is 23.9 Å². The number of anilines is 1. The van der Waals surface area contributed by atoms with Crippen molar-refractivity contribution >= 4 is 17.5 Å². The summed E-state index contributed by atoms with van der Waals surface area (Å²) in [5, 5.41) is 0. The molecule has 0 N–H and O–H groups in total. The number of aryl methyl sites for hydroxylation is 1. The minimum Gasteiger partial charge on any atom is -0.320 e. The number of nitrogens with zero attached hydrogens (tertiary/aromatic N) is 6. The third-order valence-corrected chi connectivity index (χ3v) is 4.52. The van der Waals surface area contributed by atoms with Gasteiger partial charge in [0.1, 0.15) is 5.69 Å². The van der Waals surface area contributed by atoms with E-state index in [1.54, 1.807) is 35.5 Å². The number of hydrogen-bond donors (Lipinski definition) is 0. The Balaban J connectivity index is 1.71. The molecule has 0 spiro atoms. The molecule has 10 heteroatoms. The van der Waals surface area contributed by atoms with Crippen LogP contribution in [0.3, 0.4) is 0 Å². The van der Waals surface area contributed by atoms with Crippen molar-refractivity contribution in [1.29, 1.82) is 0 Å². The number of amides is 1. The van der Waals surface area contributed by atoms with Gasteiger partial charge in [-0.15, -0.1) is 0 Å². The number of halogens is 3. The predicted molar refractivity (Wildman–Crippen MR) is 99.4 cm³/mol. The number of carbonyl (C=O) groups excluding carboxylic acids is 1. The Kier molecular flexibility index (Phi) is 4.33. The molecule has 0 radical (unpaired) electrons. The van der Waals surface area contributed by atoms with Crippen LogP contribution in [0, 0.1) is 0 Å². The molecule has 1 amide bonds. The predicted octanol–water partition coefficient (Wildman–Crippen LogP) is 3.43. The van der Waals surface area contributed by atoms with Crippen molar-refractivity contribution < 1.29 is 18.0 Å². The number of aromatic nitrogens is 5. The molecule has 0 bridgehead atoms. The van der Waals surface area contributed by atoms with Crippen molar-refractivity contribution in [3.63, 3.8) is 0 Å². The van der Waals surface area contributed by atoms with Gasteiger partial charge < -0.3 is 4.57 Å². The fourth-order valence-corrected chi connectivity index (χ4v) is 2.99. The lowest BCUT2D eigenvalue weighted by Crippen LogP contribution is -2.29. The molecular weight excluding hydrogens is 385 g/mol. The summed E-state index contributed by atoms with van der Waals surface area (Å²) in [4.78, 5) is 26.7. The molecule has 29 heavy (non-hydrogen) atoms. The molecule has 3 aromatic heterocycles. The Morgan fingerprint density at radius 1 is 1.07 bits per heavy atom. The molecule has 0 aliphatic carbocycles. The number of fused-ring (bicyclic) bond motifs is 1. The van der Waals surface area contributed by atoms with E-state index in [1.165, 1.54) is 35.6 Å². The average Bonchev–Trinajstić information content (AvgIpc) is 3.31. The molecule has 0 aliphatic rings. The summed E-state index contributed by atoms with van der Waals surface area (Å²) in [5.41, 5.74) is 0.965. The van der Waals surface area contributed by atoms with Gasteiger partial charge >= 0.3 is 6.18 Å².